The summed E-state index contributed by atoms with van der Waals surface area (Å²) < 4.78 is 43.4. The number of nitrogens with zero attached hydrogens (tertiary/aromatic N) is 2. The Balaban J connectivity index is 1.56. The standard InChI is InChI=1S/C22H21F3N2O3/c1-30-19-8-6-17(7-9-19)21(29)27-13-11-26(12-14-27)20(28)10-5-16-3-2-4-18(15-16)22(23,24)25/h2-10,15H,11-14H2,1H3. The molecule has 30 heavy (non-hydrogen) atoms. The number of benzene rings is 2. The Bertz CT molecular complexity index is 931. The van der Waals surface area contributed by atoms with Crippen molar-refractivity contribution in [3.63, 3.8) is 0 Å². The van der Waals surface area contributed by atoms with Crippen LogP contribution < -0.4 is 4.74 Å². The minimum atomic E-state index is -4.43. The third-order valence-electron chi connectivity index (χ3n) is 4.85. The molecule has 0 bridgehead atoms. The Labute approximate surface area is 172 Å². The minimum absolute atomic E-state index is 0.121. The van der Waals surface area contributed by atoms with Gasteiger partial charge in [0.15, 0.2) is 0 Å². The van der Waals surface area contributed by atoms with Crippen molar-refractivity contribution in [1.29, 1.82) is 0 Å². The molecule has 2 aromatic rings. The van der Waals surface area contributed by atoms with Gasteiger partial charge in [-0.25, -0.2) is 0 Å². The van der Waals surface area contributed by atoms with E-state index in [0.29, 0.717) is 43.1 Å². The van der Waals surface area contributed by atoms with Gasteiger partial charge in [0.2, 0.25) is 5.91 Å². The lowest BCUT2D eigenvalue weighted by Crippen LogP contribution is -2.50. The number of amides is 2. The summed E-state index contributed by atoms with van der Waals surface area (Å²) in [5, 5.41) is 0. The number of carbonyl (C=O) groups is 2. The number of methoxy groups -OCH3 is 1. The van der Waals surface area contributed by atoms with Gasteiger partial charge in [-0.1, -0.05) is 12.1 Å². The first-order valence-corrected chi connectivity index (χ1v) is 9.35. The molecule has 1 aliphatic heterocycles. The molecule has 0 radical (unpaired) electrons. The highest BCUT2D eigenvalue weighted by Gasteiger charge is 2.30. The van der Waals surface area contributed by atoms with Gasteiger partial charge in [-0.05, 0) is 48.0 Å². The molecule has 0 atom stereocenters. The highest BCUT2D eigenvalue weighted by Crippen LogP contribution is 2.29. The zero-order valence-corrected chi connectivity index (χ0v) is 16.4. The number of alkyl halides is 3. The van der Waals surface area contributed by atoms with Crippen molar-refractivity contribution in [1.82, 2.24) is 9.80 Å². The van der Waals surface area contributed by atoms with E-state index in [-0.39, 0.29) is 11.8 Å². The highest BCUT2D eigenvalue weighted by atomic mass is 19.4. The van der Waals surface area contributed by atoms with Crippen molar-refractivity contribution in [3.05, 3.63) is 71.3 Å². The van der Waals surface area contributed by atoms with Gasteiger partial charge in [-0.2, -0.15) is 13.2 Å². The van der Waals surface area contributed by atoms with Gasteiger partial charge in [-0.3, -0.25) is 9.59 Å². The van der Waals surface area contributed by atoms with Crippen LogP contribution in [0, 0.1) is 0 Å². The average molecular weight is 418 g/mol. The molecule has 1 aliphatic rings. The predicted molar refractivity (Wildman–Crippen MR) is 106 cm³/mol. The van der Waals surface area contributed by atoms with Gasteiger partial charge in [0.05, 0.1) is 12.7 Å². The maximum Gasteiger partial charge on any atom is 0.416 e. The van der Waals surface area contributed by atoms with Crippen molar-refractivity contribution in [2.24, 2.45) is 0 Å². The summed E-state index contributed by atoms with van der Waals surface area (Å²) in [6.45, 7) is 1.48. The summed E-state index contributed by atoms with van der Waals surface area (Å²) in [5.74, 6) is 0.239. The van der Waals surface area contributed by atoms with Crippen LogP contribution in [0.15, 0.2) is 54.6 Å². The molecule has 2 amide bonds. The van der Waals surface area contributed by atoms with Crippen molar-refractivity contribution in [2.75, 3.05) is 33.3 Å². The first kappa shape index (κ1) is 21.4. The van der Waals surface area contributed by atoms with Crippen molar-refractivity contribution < 1.29 is 27.5 Å². The zero-order valence-electron chi connectivity index (χ0n) is 16.4. The van der Waals surface area contributed by atoms with E-state index < -0.39 is 11.7 Å². The summed E-state index contributed by atoms with van der Waals surface area (Å²) in [7, 11) is 1.55. The van der Waals surface area contributed by atoms with Crippen LogP contribution in [0.3, 0.4) is 0 Å². The molecular formula is C22H21F3N2O3. The predicted octanol–water partition coefficient (Wildman–Crippen LogP) is 3.71. The number of piperazine rings is 1. The second-order valence-corrected chi connectivity index (χ2v) is 6.80. The van der Waals surface area contributed by atoms with Gasteiger partial charge < -0.3 is 14.5 Å². The normalized spacial score (nSPS) is 14.8. The first-order chi connectivity index (χ1) is 14.3. The van der Waals surface area contributed by atoms with Crippen LogP contribution >= 0.6 is 0 Å². The number of hydrogen-bond acceptors (Lipinski definition) is 3. The molecule has 0 saturated carbocycles. The SMILES string of the molecule is COc1ccc(C(=O)N2CCN(C(=O)C=Cc3cccc(C(F)(F)F)c3)CC2)cc1. The Morgan fingerprint density at radius 2 is 1.60 bits per heavy atom. The largest absolute Gasteiger partial charge is 0.497 e. The molecule has 0 aliphatic carbocycles. The second kappa shape index (κ2) is 9.02. The van der Waals surface area contributed by atoms with Gasteiger partial charge in [-0.15, -0.1) is 0 Å². The number of carbonyl (C=O) groups excluding carboxylic acids is 2. The molecule has 0 unspecified atom stereocenters. The van der Waals surface area contributed by atoms with Gasteiger partial charge in [0.25, 0.3) is 5.91 Å². The lowest BCUT2D eigenvalue weighted by atomic mass is 10.1. The lowest BCUT2D eigenvalue weighted by molar-refractivity contribution is -0.137. The van der Waals surface area contributed by atoms with E-state index in [1.165, 1.54) is 24.3 Å². The molecule has 1 fully saturated rings. The van der Waals surface area contributed by atoms with Crippen LogP contribution in [0.2, 0.25) is 0 Å². The molecule has 0 N–H and O–H groups in total. The van der Waals surface area contributed by atoms with Crippen LogP contribution in [0.25, 0.3) is 6.08 Å². The number of ether oxygens (including phenoxy) is 1. The summed E-state index contributed by atoms with van der Waals surface area (Å²) in [5.41, 5.74) is 0.0780. The summed E-state index contributed by atoms with van der Waals surface area (Å²) in [4.78, 5) is 28.2. The fraction of sp³-hybridized carbons (Fsp3) is 0.273. The van der Waals surface area contributed by atoms with E-state index in [9.17, 15) is 22.8 Å². The average Bonchev–Trinajstić information content (AvgIpc) is 2.77. The van der Waals surface area contributed by atoms with E-state index in [0.717, 1.165) is 12.1 Å². The van der Waals surface area contributed by atoms with E-state index >= 15 is 0 Å². The molecular weight excluding hydrogens is 397 g/mol. The fourth-order valence-corrected chi connectivity index (χ4v) is 3.14. The van der Waals surface area contributed by atoms with Crippen molar-refractivity contribution in [3.8, 4) is 5.75 Å². The Morgan fingerprint density at radius 3 is 2.20 bits per heavy atom. The van der Waals surface area contributed by atoms with E-state index in [4.69, 9.17) is 4.74 Å². The van der Waals surface area contributed by atoms with Gasteiger partial charge in [0.1, 0.15) is 5.75 Å². The molecule has 1 saturated heterocycles. The van der Waals surface area contributed by atoms with Crippen LogP contribution in [0.5, 0.6) is 5.75 Å². The van der Waals surface area contributed by atoms with Crippen molar-refractivity contribution in [2.45, 2.75) is 6.18 Å². The molecule has 3 rings (SSSR count). The summed E-state index contributed by atoms with van der Waals surface area (Å²) in [6.07, 6.45) is -1.80. The van der Waals surface area contributed by atoms with E-state index in [1.54, 1.807) is 41.2 Å². The summed E-state index contributed by atoms with van der Waals surface area (Å²) in [6, 6.07) is 11.6. The van der Waals surface area contributed by atoms with E-state index in [1.807, 2.05) is 0 Å². The fourth-order valence-electron chi connectivity index (χ4n) is 3.14. The molecule has 1 heterocycles. The molecule has 2 aromatic carbocycles. The van der Waals surface area contributed by atoms with Crippen LogP contribution in [0.4, 0.5) is 13.2 Å². The van der Waals surface area contributed by atoms with Crippen LogP contribution in [0.1, 0.15) is 21.5 Å². The van der Waals surface area contributed by atoms with E-state index in [2.05, 4.69) is 0 Å². The third kappa shape index (κ3) is 5.20. The number of rotatable bonds is 4. The molecule has 158 valence electrons. The maximum absolute atomic E-state index is 12.8. The minimum Gasteiger partial charge on any atom is -0.497 e. The summed E-state index contributed by atoms with van der Waals surface area (Å²) >= 11 is 0. The van der Waals surface area contributed by atoms with Gasteiger partial charge >= 0.3 is 6.18 Å². The number of hydrogen-bond donors (Lipinski definition) is 0. The Kier molecular flexibility index (Phi) is 6.44. The second-order valence-electron chi connectivity index (χ2n) is 6.80. The molecule has 5 nitrogen and oxygen atoms in total. The zero-order chi connectivity index (χ0) is 21.7. The van der Waals surface area contributed by atoms with Crippen molar-refractivity contribution >= 4 is 17.9 Å². The smallest absolute Gasteiger partial charge is 0.416 e. The topological polar surface area (TPSA) is 49.9 Å². The highest BCUT2D eigenvalue weighted by molar-refractivity contribution is 5.95. The molecule has 0 spiro atoms. The Hall–Kier alpha value is -3.29. The quantitative estimate of drug-likeness (QED) is 0.712. The Morgan fingerprint density at radius 1 is 0.967 bits per heavy atom. The van der Waals surface area contributed by atoms with Crippen LogP contribution in [-0.2, 0) is 11.0 Å². The van der Waals surface area contributed by atoms with Gasteiger partial charge in [0, 0.05) is 37.8 Å². The maximum atomic E-state index is 12.8. The van der Waals surface area contributed by atoms with Crippen LogP contribution in [-0.4, -0.2) is 54.9 Å². The monoisotopic (exact) mass is 418 g/mol. The molecule has 8 heteroatoms. The number of halogens is 3. The third-order valence-corrected chi connectivity index (χ3v) is 4.85. The first-order valence-electron chi connectivity index (χ1n) is 9.35. The lowest BCUT2D eigenvalue weighted by Gasteiger charge is -2.34. The molecule has 0 aromatic heterocycles.